The van der Waals surface area contributed by atoms with Gasteiger partial charge in [-0.15, -0.1) is 0 Å². The summed E-state index contributed by atoms with van der Waals surface area (Å²) >= 11 is 0. The Kier molecular flexibility index (Phi) is 26.9. The van der Waals surface area contributed by atoms with Crippen molar-refractivity contribution in [3.63, 3.8) is 0 Å². The summed E-state index contributed by atoms with van der Waals surface area (Å²) in [5, 5.41) is 0. The molecule has 2 saturated carbocycles. The Balaban J connectivity index is 0.00000267. The van der Waals surface area contributed by atoms with Gasteiger partial charge in [-0.25, -0.2) is 0 Å². The molecule has 2 fully saturated rings. The van der Waals surface area contributed by atoms with E-state index >= 15 is 0 Å². The number of benzene rings is 1. The first-order chi connectivity index (χ1) is 27.9. The third-order valence-electron chi connectivity index (χ3n) is 13.0. The third-order valence-corrected chi connectivity index (χ3v) is 13.0. The smallest absolute Gasteiger partial charge is 0.0121 e. The molecule has 1 aromatic rings. The molecule has 0 heteroatoms. The molecule has 326 valence electrons. The molecule has 0 N–H and O–H groups in total. The minimum Gasteiger partial charge on any atom is -0.0956 e. The van der Waals surface area contributed by atoms with Crippen molar-refractivity contribution in [3.8, 4) is 0 Å². The van der Waals surface area contributed by atoms with E-state index in [4.69, 9.17) is 6.58 Å². The van der Waals surface area contributed by atoms with Gasteiger partial charge in [-0.3, -0.25) is 0 Å². The number of hydrogen-bond donors (Lipinski definition) is 0. The summed E-state index contributed by atoms with van der Waals surface area (Å²) in [6.45, 7) is 39.7. The summed E-state index contributed by atoms with van der Waals surface area (Å²) in [6, 6.07) is 9.63. The van der Waals surface area contributed by atoms with Crippen LogP contribution < -0.4 is 0 Å². The zero-order chi connectivity index (χ0) is 43.7. The van der Waals surface area contributed by atoms with Crippen LogP contribution in [0.25, 0.3) is 5.57 Å². The van der Waals surface area contributed by atoms with Gasteiger partial charge in [0.15, 0.2) is 0 Å². The van der Waals surface area contributed by atoms with E-state index in [-0.39, 0.29) is 0 Å². The Bertz CT molecular complexity index is 1510. The number of allylic oxidation sites excluding steroid dienone is 14. The van der Waals surface area contributed by atoms with Crippen LogP contribution in [0.15, 0.2) is 113 Å². The Hall–Kier alpha value is -2.86. The lowest BCUT2D eigenvalue weighted by atomic mass is 9.69. The van der Waals surface area contributed by atoms with Crippen molar-refractivity contribution in [3.05, 3.63) is 124 Å². The molecule has 0 aromatic heterocycles. The predicted molar refractivity (Wildman–Crippen MR) is 267 cm³/mol. The predicted octanol–water partition coefficient (Wildman–Crippen LogP) is 19.6. The van der Waals surface area contributed by atoms with E-state index in [1.165, 1.54) is 126 Å². The van der Waals surface area contributed by atoms with Crippen LogP contribution in [0.3, 0.4) is 0 Å². The molecular formula is C58H94. The highest BCUT2D eigenvalue weighted by Crippen LogP contribution is 2.44. The topological polar surface area (TPSA) is 0 Å². The van der Waals surface area contributed by atoms with Crippen molar-refractivity contribution in [1.29, 1.82) is 0 Å². The summed E-state index contributed by atoms with van der Waals surface area (Å²) in [7, 11) is 0. The van der Waals surface area contributed by atoms with E-state index in [2.05, 4.69) is 123 Å². The molecule has 0 saturated heterocycles. The SMILES string of the molecule is C=C(C[C@H](CCC1CCC(CCCCC)CC1)c1ccc(C(/C=C\C(C)=CC)=C/CC)cc1)C1=CC(/C=C2/C[C@@H](C(C)(C)C)CCC2=C)=C(C)CC1.CC.CC.CC. The van der Waals surface area contributed by atoms with Gasteiger partial charge in [0.1, 0.15) is 0 Å². The third kappa shape index (κ3) is 18.2. The molecule has 58 heavy (non-hydrogen) atoms. The van der Waals surface area contributed by atoms with Crippen LogP contribution in [0, 0.1) is 23.2 Å². The molecule has 0 nitrogen and oxygen atoms in total. The fourth-order valence-electron chi connectivity index (χ4n) is 8.91. The molecule has 1 aromatic carbocycles. The molecule has 3 aliphatic carbocycles. The van der Waals surface area contributed by atoms with Gasteiger partial charge in [0.2, 0.25) is 0 Å². The fourth-order valence-corrected chi connectivity index (χ4v) is 8.91. The van der Waals surface area contributed by atoms with Gasteiger partial charge < -0.3 is 0 Å². The Morgan fingerprint density at radius 1 is 0.828 bits per heavy atom. The Morgan fingerprint density at radius 3 is 2.02 bits per heavy atom. The zero-order valence-electron chi connectivity index (χ0n) is 41.0. The monoisotopic (exact) mass is 791 g/mol. The molecule has 0 unspecified atom stereocenters. The molecule has 0 aliphatic heterocycles. The van der Waals surface area contributed by atoms with Crippen LogP contribution in [0.5, 0.6) is 0 Å². The minimum atomic E-state index is 0.336. The van der Waals surface area contributed by atoms with Gasteiger partial charge in [0.25, 0.3) is 0 Å². The maximum atomic E-state index is 4.82. The molecular weight excluding hydrogens is 697 g/mol. The highest BCUT2D eigenvalue weighted by atomic mass is 14.3. The highest BCUT2D eigenvalue weighted by Gasteiger charge is 2.30. The molecule has 3 aliphatic rings. The van der Waals surface area contributed by atoms with Crippen LogP contribution in [-0.4, -0.2) is 0 Å². The van der Waals surface area contributed by atoms with Crippen molar-refractivity contribution >= 4 is 5.57 Å². The van der Waals surface area contributed by atoms with Crippen LogP contribution in [0.4, 0.5) is 0 Å². The van der Waals surface area contributed by atoms with Crippen molar-refractivity contribution in [2.75, 3.05) is 0 Å². The Morgan fingerprint density at radius 2 is 1.45 bits per heavy atom. The van der Waals surface area contributed by atoms with Crippen molar-refractivity contribution in [2.24, 2.45) is 23.2 Å². The fraction of sp³-hybridized carbons (Fsp3) is 0.621. The van der Waals surface area contributed by atoms with Crippen molar-refractivity contribution in [2.45, 2.75) is 212 Å². The first kappa shape index (κ1) is 53.2. The normalized spacial score (nSPS) is 21.6. The molecule has 0 amide bonds. The largest absolute Gasteiger partial charge is 0.0956 e. The van der Waals surface area contributed by atoms with E-state index < -0.39 is 0 Å². The molecule has 0 radical (unpaired) electrons. The number of unbranched alkanes of at least 4 members (excludes halogenated alkanes) is 2. The summed E-state index contributed by atoms with van der Waals surface area (Å²) in [6.07, 6.45) is 36.0. The van der Waals surface area contributed by atoms with Crippen LogP contribution in [0.1, 0.15) is 223 Å². The van der Waals surface area contributed by atoms with Gasteiger partial charge in [0.05, 0.1) is 0 Å². The van der Waals surface area contributed by atoms with E-state index in [0.717, 1.165) is 56.3 Å². The lowest BCUT2D eigenvalue weighted by Gasteiger charge is -2.36. The van der Waals surface area contributed by atoms with Crippen molar-refractivity contribution in [1.82, 2.24) is 0 Å². The quantitative estimate of drug-likeness (QED) is 0.116. The van der Waals surface area contributed by atoms with Gasteiger partial charge in [-0.2, -0.15) is 0 Å². The lowest BCUT2D eigenvalue weighted by Crippen LogP contribution is -2.24. The first-order valence-electron chi connectivity index (χ1n) is 24.5. The Labute approximate surface area is 363 Å². The summed E-state index contributed by atoms with van der Waals surface area (Å²) in [5.41, 5.74) is 14.3. The second kappa shape index (κ2) is 29.4. The summed E-state index contributed by atoms with van der Waals surface area (Å²) in [4.78, 5) is 0. The first-order valence-corrected chi connectivity index (χ1v) is 24.5. The van der Waals surface area contributed by atoms with Gasteiger partial charge in [-0.1, -0.05) is 224 Å². The second-order valence-electron chi connectivity index (χ2n) is 18.0. The summed E-state index contributed by atoms with van der Waals surface area (Å²) < 4.78 is 0. The lowest BCUT2D eigenvalue weighted by molar-refractivity contribution is 0.215. The molecule has 0 heterocycles. The van der Waals surface area contributed by atoms with Crippen LogP contribution in [0.2, 0.25) is 0 Å². The molecule has 0 spiro atoms. The number of hydrogen-bond acceptors (Lipinski definition) is 0. The van der Waals surface area contributed by atoms with Crippen LogP contribution in [-0.2, 0) is 0 Å². The van der Waals surface area contributed by atoms with Crippen molar-refractivity contribution < 1.29 is 0 Å². The second-order valence-corrected chi connectivity index (χ2v) is 18.0. The van der Waals surface area contributed by atoms with E-state index in [1.807, 2.05) is 41.5 Å². The standard InChI is InChI=1S/C52H76.3C2H6/c1-11-14-15-17-42-21-23-43(24-22-42)25-28-48(46-31-29-45(30-32-46)44(16-12-2)26-18-38(4)13-3)34-41(7)47-27-19-39(5)49(35-47)36-50-37-51(52(8,9)10)33-20-40(50)6;3*1-2/h13,16,18,26,29-32,35-36,42-43,48,51H,6-7,11-12,14-15,17,19-25,27-28,33-34,37H2,1-5,8-10H3;3*1-2H3/b26-18-,38-13?,44-16+,50-36-;;;/t42?,43?,48-,51-;;;/m0.../s1. The van der Waals surface area contributed by atoms with Gasteiger partial charge in [0, 0.05) is 0 Å². The van der Waals surface area contributed by atoms with E-state index in [0.29, 0.717) is 11.3 Å². The zero-order valence-corrected chi connectivity index (χ0v) is 41.0. The average Bonchev–Trinajstić information content (AvgIpc) is 3.24. The molecule has 4 rings (SSSR count). The summed E-state index contributed by atoms with van der Waals surface area (Å²) in [5.74, 6) is 3.08. The van der Waals surface area contributed by atoms with Gasteiger partial charge >= 0.3 is 0 Å². The van der Waals surface area contributed by atoms with E-state index in [1.54, 1.807) is 0 Å². The highest BCUT2D eigenvalue weighted by molar-refractivity contribution is 5.74. The average molecular weight is 791 g/mol. The van der Waals surface area contributed by atoms with Gasteiger partial charge in [-0.05, 0) is 141 Å². The van der Waals surface area contributed by atoms with E-state index in [9.17, 15) is 0 Å². The number of rotatable bonds is 16. The minimum absolute atomic E-state index is 0.336. The molecule has 2 atom stereocenters. The maximum absolute atomic E-state index is 4.82. The molecule has 0 bridgehead atoms. The van der Waals surface area contributed by atoms with Crippen LogP contribution >= 0.6 is 0 Å². The maximum Gasteiger partial charge on any atom is -0.0121 e.